The molecule has 5 nitrogen and oxygen atoms in total. The summed E-state index contributed by atoms with van der Waals surface area (Å²) in [6, 6.07) is 8.51. The Labute approximate surface area is 126 Å². The zero-order valence-electron chi connectivity index (χ0n) is 12.6. The zero-order chi connectivity index (χ0) is 15.7. The van der Waals surface area contributed by atoms with Crippen LogP contribution in [-0.2, 0) is 0 Å². The van der Waals surface area contributed by atoms with Gasteiger partial charge in [0.15, 0.2) is 0 Å². The first-order valence-electron chi connectivity index (χ1n) is 7.25. The monoisotopic (exact) mass is 289 g/mol. The summed E-state index contributed by atoms with van der Waals surface area (Å²) in [6.45, 7) is 4.77. The van der Waals surface area contributed by atoms with Gasteiger partial charge in [0.1, 0.15) is 0 Å². The number of carbonyl (C=O) groups excluding carboxylic acids is 1. The third kappa shape index (κ3) is 5.09. The molecule has 0 aliphatic carbocycles. The number of benzene rings is 1. The van der Waals surface area contributed by atoms with Crippen molar-refractivity contribution in [3.05, 3.63) is 29.8 Å². The summed E-state index contributed by atoms with van der Waals surface area (Å²) in [4.78, 5) is 11.9. The van der Waals surface area contributed by atoms with Crippen molar-refractivity contribution in [2.45, 2.75) is 33.1 Å². The third-order valence-electron chi connectivity index (χ3n) is 4.02. The molecule has 0 bridgehead atoms. The molecular weight excluding hydrogens is 266 g/mol. The van der Waals surface area contributed by atoms with Gasteiger partial charge in [0.2, 0.25) is 0 Å². The summed E-state index contributed by atoms with van der Waals surface area (Å²) >= 11 is 0. The van der Waals surface area contributed by atoms with Crippen LogP contribution in [-0.4, -0.2) is 24.3 Å². The van der Waals surface area contributed by atoms with Gasteiger partial charge in [0.25, 0.3) is 0 Å². The summed E-state index contributed by atoms with van der Waals surface area (Å²) in [5.74, 6) is 0. The van der Waals surface area contributed by atoms with E-state index in [2.05, 4.69) is 24.5 Å². The van der Waals surface area contributed by atoms with Crippen molar-refractivity contribution in [1.29, 1.82) is 5.26 Å². The number of aliphatic hydroxyl groups excluding tert-OH is 1. The van der Waals surface area contributed by atoms with Crippen molar-refractivity contribution in [3.63, 3.8) is 0 Å². The molecule has 0 saturated heterocycles. The largest absolute Gasteiger partial charge is 0.396 e. The molecule has 0 radical (unpaired) electrons. The predicted molar refractivity (Wildman–Crippen MR) is 82.9 cm³/mol. The van der Waals surface area contributed by atoms with Crippen LogP contribution >= 0.6 is 0 Å². The van der Waals surface area contributed by atoms with Gasteiger partial charge in [-0.3, -0.25) is 0 Å². The van der Waals surface area contributed by atoms with Gasteiger partial charge in [0, 0.05) is 18.8 Å². The van der Waals surface area contributed by atoms with E-state index in [0.717, 1.165) is 12.8 Å². The van der Waals surface area contributed by atoms with Crippen LogP contribution in [0.1, 0.15) is 38.7 Å². The number of nitrogens with one attached hydrogen (secondary N) is 2. The molecule has 5 heteroatoms. The van der Waals surface area contributed by atoms with Crippen LogP contribution in [0.2, 0.25) is 0 Å². The van der Waals surface area contributed by atoms with Crippen molar-refractivity contribution in [2.75, 3.05) is 18.5 Å². The van der Waals surface area contributed by atoms with Crippen molar-refractivity contribution >= 4 is 11.7 Å². The van der Waals surface area contributed by atoms with E-state index in [4.69, 9.17) is 10.4 Å². The van der Waals surface area contributed by atoms with Crippen LogP contribution in [0.4, 0.5) is 10.5 Å². The maximum atomic E-state index is 11.9. The standard InChI is InChI=1S/C16H23N3O2/c1-3-16(4-2,8-9-20)12-18-15(21)19-14-7-5-6-13(10-14)11-17/h5-7,10,20H,3-4,8-9,12H2,1-2H3,(H2,18,19,21). The lowest BCUT2D eigenvalue weighted by molar-refractivity contribution is 0.165. The Balaban J connectivity index is 2.59. The van der Waals surface area contributed by atoms with E-state index in [1.54, 1.807) is 24.3 Å². The molecule has 1 aromatic carbocycles. The van der Waals surface area contributed by atoms with Gasteiger partial charge < -0.3 is 15.7 Å². The number of anilines is 1. The fourth-order valence-electron chi connectivity index (χ4n) is 2.29. The molecule has 21 heavy (non-hydrogen) atoms. The first-order valence-corrected chi connectivity index (χ1v) is 7.25. The Bertz CT molecular complexity index is 504. The van der Waals surface area contributed by atoms with Gasteiger partial charge in [0.05, 0.1) is 11.6 Å². The summed E-state index contributed by atoms with van der Waals surface area (Å²) < 4.78 is 0. The average Bonchev–Trinajstić information content (AvgIpc) is 2.52. The van der Waals surface area contributed by atoms with E-state index in [0.29, 0.717) is 24.2 Å². The molecule has 114 valence electrons. The molecule has 3 N–H and O–H groups in total. The fraction of sp³-hybridized carbons (Fsp3) is 0.500. The van der Waals surface area contributed by atoms with E-state index in [9.17, 15) is 4.79 Å². The number of rotatable bonds is 7. The van der Waals surface area contributed by atoms with Crippen molar-refractivity contribution < 1.29 is 9.90 Å². The highest BCUT2D eigenvalue weighted by Crippen LogP contribution is 2.29. The van der Waals surface area contributed by atoms with Gasteiger partial charge >= 0.3 is 6.03 Å². The van der Waals surface area contributed by atoms with Crippen LogP contribution in [0.3, 0.4) is 0 Å². The number of hydrogen-bond acceptors (Lipinski definition) is 3. The highest BCUT2D eigenvalue weighted by atomic mass is 16.3. The normalized spacial score (nSPS) is 10.8. The minimum absolute atomic E-state index is 0.0689. The van der Waals surface area contributed by atoms with Crippen LogP contribution in [0.5, 0.6) is 0 Å². The smallest absolute Gasteiger partial charge is 0.319 e. The Kier molecular flexibility index (Phi) is 6.70. The van der Waals surface area contributed by atoms with E-state index in [-0.39, 0.29) is 18.1 Å². The number of nitriles is 1. The lowest BCUT2D eigenvalue weighted by Crippen LogP contribution is -2.39. The van der Waals surface area contributed by atoms with Crippen LogP contribution in [0.25, 0.3) is 0 Å². The number of hydrogen-bond donors (Lipinski definition) is 3. The number of nitrogens with zero attached hydrogens (tertiary/aromatic N) is 1. The van der Waals surface area contributed by atoms with Crippen molar-refractivity contribution in [1.82, 2.24) is 5.32 Å². The second-order valence-electron chi connectivity index (χ2n) is 5.18. The molecule has 0 aliphatic heterocycles. The maximum absolute atomic E-state index is 11.9. The Hall–Kier alpha value is -2.06. The Morgan fingerprint density at radius 3 is 2.67 bits per heavy atom. The molecule has 2 amide bonds. The minimum atomic E-state index is -0.297. The number of urea groups is 1. The number of amides is 2. The Morgan fingerprint density at radius 2 is 2.10 bits per heavy atom. The van der Waals surface area contributed by atoms with E-state index < -0.39 is 0 Å². The molecule has 0 aliphatic rings. The van der Waals surface area contributed by atoms with Gasteiger partial charge in [-0.1, -0.05) is 19.9 Å². The number of carbonyl (C=O) groups is 1. The first-order chi connectivity index (χ1) is 10.1. The van der Waals surface area contributed by atoms with Crippen LogP contribution in [0.15, 0.2) is 24.3 Å². The van der Waals surface area contributed by atoms with Gasteiger partial charge in [-0.05, 0) is 42.9 Å². The fourth-order valence-corrected chi connectivity index (χ4v) is 2.29. The molecule has 0 fully saturated rings. The zero-order valence-corrected chi connectivity index (χ0v) is 12.6. The summed E-state index contributed by atoms with van der Waals surface area (Å²) in [5, 5.41) is 23.6. The van der Waals surface area contributed by atoms with Crippen LogP contribution in [0, 0.1) is 16.7 Å². The molecule has 0 unspecified atom stereocenters. The van der Waals surface area contributed by atoms with Crippen molar-refractivity contribution in [2.24, 2.45) is 5.41 Å². The molecule has 1 rings (SSSR count). The van der Waals surface area contributed by atoms with Gasteiger partial charge in [-0.2, -0.15) is 5.26 Å². The minimum Gasteiger partial charge on any atom is -0.396 e. The van der Waals surface area contributed by atoms with E-state index in [1.165, 1.54) is 0 Å². The molecule has 1 aromatic rings. The average molecular weight is 289 g/mol. The van der Waals surface area contributed by atoms with E-state index in [1.807, 2.05) is 6.07 Å². The topological polar surface area (TPSA) is 85.2 Å². The second kappa shape index (κ2) is 8.28. The van der Waals surface area contributed by atoms with E-state index >= 15 is 0 Å². The lowest BCUT2D eigenvalue weighted by Gasteiger charge is -2.31. The van der Waals surface area contributed by atoms with Gasteiger partial charge in [-0.15, -0.1) is 0 Å². The first kappa shape index (κ1) is 17.0. The quantitative estimate of drug-likeness (QED) is 0.721. The Morgan fingerprint density at radius 1 is 1.38 bits per heavy atom. The highest BCUT2D eigenvalue weighted by molar-refractivity contribution is 5.89. The van der Waals surface area contributed by atoms with Gasteiger partial charge in [-0.25, -0.2) is 4.79 Å². The van der Waals surface area contributed by atoms with Crippen LogP contribution < -0.4 is 10.6 Å². The lowest BCUT2D eigenvalue weighted by atomic mass is 9.79. The highest BCUT2D eigenvalue weighted by Gasteiger charge is 2.26. The molecule has 0 spiro atoms. The third-order valence-corrected chi connectivity index (χ3v) is 4.02. The maximum Gasteiger partial charge on any atom is 0.319 e. The van der Waals surface area contributed by atoms with Crippen molar-refractivity contribution in [3.8, 4) is 6.07 Å². The molecule has 0 atom stereocenters. The number of aliphatic hydroxyl groups is 1. The predicted octanol–water partition coefficient (Wildman–Crippen LogP) is 2.87. The molecule has 0 aromatic heterocycles. The summed E-state index contributed by atoms with van der Waals surface area (Å²) in [6.07, 6.45) is 2.46. The SMILES string of the molecule is CCC(CC)(CCO)CNC(=O)Nc1cccc(C#N)c1. The second-order valence-corrected chi connectivity index (χ2v) is 5.18. The molecule has 0 saturated carbocycles. The summed E-state index contributed by atoms with van der Waals surface area (Å²) in [7, 11) is 0. The molecular formula is C16H23N3O2. The summed E-state index contributed by atoms with van der Waals surface area (Å²) in [5.41, 5.74) is 1.03. The molecule has 0 heterocycles.